The minimum absolute atomic E-state index is 0.0130. The highest BCUT2D eigenvalue weighted by Gasteiger charge is 2.30. The van der Waals surface area contributed by atoms with Crippen LogP contribution in [0.25, 0.3) is 0 Å². The number of nitrogens with zero attached hydrogens (tertiary/aromatic N) is 2. The van der Waals surface area contributed by atoms with Crippen molar-refractivity contribution in [3.63, 3.8) is 0 Å². The van der Waals surface area contributed by atoms with Gasteiger partial charge in [0.25, 0.3) is 0 Å². The number of hydrogen-bond acceptors (Lipinski definition) is 3. The second-order valence-electron chi connectivity index (χ2n) is 3.85. The normalized spacial score (nSPS) is 19.2. The van der Waals surface area contributed by atoms with Gasteiger partial charge in [0, 0.05) is 24.7 Å². The Bertz CT molecular complexity index is 496. The molecule has 1 heterocycles. The predicted molar refractivity (Wildman–Crippen MR) is 66.8 cm³/mol. The monoisotopic (exact) mass is 294 g/mol. The van der Waals surface area contributed by atoms with E-state index in [9.17, 15) is 4.79 Å². The molecular formula is C12H11BrN2O2. The van der Waals surface area contributed by atoms with E-state index in [-0.39, 0.29) is 11.8 Å². The Balaban J connectivity index is 2.29. The lowest BCUT2D eigenvalue weighted by Gasteiger charge is -2.17. The molecule has 0 aromatic heterocycles. The molecule has 0 bridgehead atoms. The zero-order valence-corrected chi connectivity index (χ0v) is 10.9. The van der Waals surface area contributed by atoms with E-state index in [1.54, 1.807) is 18.1 Å². The zero-order valence-electron chi connectivity index (χ0n) is 9.31. The van der Waals surface area contributed by atoms with Crippen LogP contribution in [0.3, 0.4) is 0 Å². The number of hydrogen-bond donors (Lipinski definition) is 0. The highest BCUT2D eigenvalue weighted by molar-refractivity contribution is 9.10. The van der Waals surface area contributed by atoms with Crippen molar-refractivity contribution in [3.05, 3.63) is 22.7 Å². The summed E-state index contributed by atoms with van der Waals surface area (Å²) in [5, 5.41) is 8.83. The van der Waals surface area contributed by atoms with Crippen LogP contribution in [0.5, 0.6) is 5.75 Å². The van der Waals surface area contributed by atoms with Gasteiger partial charge < -0.3 is 9.64 Å². The maximum Gasteiger partial charge on any atom is 0.228 e. The number of nitriles is 1. The number of carbonyl (C=O) groups is 1. The predicted octanol–water partition coefficient (Wildman–Crippen LogP) is 2.33. The Morgan fingerprint density at radius 1 is 1.59 bits per heavy atom. The van der Waals surface area contributed by atoms with Gasteiger partial charge >= 0.3 is 0 Å². The average molecular weight is 295 g/mol. The first-order valence-corrected chi connectivity index (χ1v) is 5.98. The number of benzene rings is 1. The van der Waals surface area contributed by atoms with E-state index in [4.69, 9.17) is 10.00 Å². The van der Waals surface area contributed by atoms with Crippen LogP contribution in [0.15, 0.2) is 22.7 Å². The van der Waals surface area contributed by atoms with Gasteiger partial charge in [0.1, 0.15) is 5.75 Å². The van der Waals surface area contributed by atoms with Gasteiger partial charge in [-0.05, 0) is 28.1 Å². The smallest absolute Gasteiger partial charge is 0.228 e. The summed E-state index contributed by atoms with van der Waals surface area (Å²) in [6.07, 6.45) is 0.300. The van der Waals surface area contributed by atoms with Crippen molar-refractivity contribution in [2.24, 2.45) is 5.92 Å². The fourth-order valence-corrected chi connectivity index (χ4v) is 2.27. The topological polar surface area (TPSA) is 53.3 Å². The van der Waals surface area contributed by atoms with Crippen LogP contribution in [0, 0.1) is 17.2 Å². The molecule has 0 spiro atoms. The molecule has 1 aliphatic rings. The SMILES string of the molecule is COc1cc(N2CC(C#N)CC2=O)ccc1Br. The molecule has 1 saturated heterocycles. The van der Waals surface area contributed by atoms with Crippen molar-refractivity contribution in [3.8, 4) is 11.8 Å². The minimum Gasteiger partial charge on any atom is -0.495 e. The second-order valence-corrected chi connectivity index (χ2v) is 4.71. The molecule has 0 aliphatic carbocycles. The number of rotatable bonds is 2. The number of halogens is 1. The third-order valence-electron chi connectivity index (χ3n) is 2.75. The Hall–Kier alpha value is -1.54. The first kappa shape index (κ1) is 11.9. The summed E-state index contributed by atoms with van der Waals surface area (Å²) in [6.45, 7) is 0.458. The number of anilines is 1. The van der Waals surface area contributed by atoms with Crippen molar-refractivity contribution >= 4 is 27.5 Å². The van der Waals surface area contributed by atoms with Gasteiger partial charge in [-0.3, -0.25) is 4.79 Å². The summed E-state index contributed by atoms with van der Waals surface area (Å²) in [7, 11) is 1.58. The molecule has 0 radical (unpaired) electrons. The molecule has 1 aromatic carbocycles. The van der Waals surface area contributed by atoms with Gasteiger partial charge in [-0.1, -0.05) is 0 Å². The lowest BCUT2D eigenvalue weighted by molar-refractivity contribution is -0.117. The van der Waals surface area contributed by atoms with E-state index in [0.717, 1.165) is 10.2 Å². The molecule has 0 saturated carbocycles. The quantitative estimate of drug-likeness (QED) is 0.841. The van der Waals surface area contributed by atoms with Gasteiger partial charge in [0.05, 0.1) is 23.6 Å². The van der Waals surface area contributed by atoms with E-state index < -0.39 is 0 Å². The molecule has 1 fully saturated rings. The van der Waals surface area contributed by atoms with Crippen LogP contribution < -0.4 is 9.64 Å². The minimum atomic E-state index is -0.211. The van der Waals surface area contributed by atoms with Crippen LogP contribution >= 0.6 is 15.9 Å². The maximum atomic E-state index is 11.8. The van der Waals surface area contributed by atoms with E-state index in [1.807, 2.05) is 12.1 Å². The second kappa shape index (κ2) is 4.76. The molecule has 4 nitrogen and oxygen atoms in total. The molecule has 1 aliphatic heterocycles. The summed E-state index contributed by atoms with van der Waals surface area (Å²) < 4.78 is 6.02. The summed E-state index contributed by atoms with van der Waals surface area (Å²) in [6, 6.07) is 7.60. The lowest BCUT2D eigenvalue weighted by atomic mass is 10.1. The molecule has 2 rings (SSSR count). The highest BCUT2D eigenvalue weighted by Crippen LogP contribution is 2.32. The number of ether oxygens (including phenoxy) is 1. The largest absolute Gasteiger partial charge is 0.495 e. The Labute approximate surface area is 108 Å². The van der Waals surface area contributed by atoms with E-state index in [1.165, 1.54) is 0 Å². The van der Waals surface area contributed by atoms with Crippen LogP contribution in [-0.4, -0.2) is 19.6 Å². The summed E-state index contributed by atoms with van der Waals surface area (Å²) >= 11 is 3.36. The Morgan fingerprint density at radius 3 is 2.94 bits per heavy atom. The molecule has 1 unspecified atom stereocenters. The summed E-state index contributed by atoms with van der Waals surface area (Å²) in [4.78, 5) is 13.4. The third-order valence-corrected chi connectivity index (χ3v) is 3.41. The number of carbonyl (C=O) groups excluding carboxylic acids is 1. The van der Waals surface area contributed by atoms with Crippen LogP contribution in [0.4, 0.5) is 5.69 Å². The highest BCUT2D eigenvalue weighted by atomic mass is 79.9. The maximum absolute atomic E-state index is 11.8. The van der Waals surface area contributed by atoms with E-state index in [2.05, 4.69) is 22.0 Å². The van der Waals surface area contributed by atoms with Crippen LogP contribution in [0.1, 0.15) is 6.42 Å². The van der Waals surface area contributed by atoms with Crippen molar-refractivity contribution in [1.82, 2.24) is 0 Å². The van der Waals surface area contributed by atoms with Crippen molar-refractivity contribution in [1.29, 1.82) is 5.26 Å². The first-order valence-electron chi connectivity index (χ1n) is 5.19. The van der Waals surface area contributed by atoms with E-state index in [0.29, 0.717) is 18.7 Å². The number of amides is 1. The van der Waals surface area contributed by atoms with Crippen LogP contribution in [-0.2, 0) is 4.79 Å². The Kier molecular flexibility index (Phi) is 3.34. The lowest BCUT2D eigenvalue weighted by Crippen LogP contribution is -2.24. The van der Waals surface area contributed by atoms with E-state index >= 15 is 0 Å². The fraction of sp³-hybridized carbons (Fsp3) is 0.333. The van der Waals surface area contributed by atoms with Gasteiger partial charge in [0.2, 0.25) is 5.91 Å². The number of methoxy groups -OCH3 is 1. The molecule has 0 N–H and O–H groups in total. The van der Waals surface area contributed by atoms with Crippen LogP contribution in [0.2, 0.25) is 0 Å². The zero-order chi connectivity index (χ0) is 12.4. The Morgan fingerprint density at radius 2 is 2.35 bits per heavy atom. The van der Waals surface area contributed by atoms with Gasteiger partial charge in [-0.2, -0.15) is 5.26 Å². The van der Waals surface area contributed by atoms with Crippen molar-refractivity contribution in [2.75, 3.05) is 18.6 Å². The molecule has 1 atom stereocenters. The molecule has 88 valence electrons. The van der Waals surface area contributed by atoms with Crippen molar-refractivity contribution in [2.45, 2.75) is 6.42 Å². The molecular weight excluding hydrogens is 284 g/mol. The molecule has 17 heavy (non-hydrogen) atoms. The van der Waals surface area contributed by atoms with Crippen molar-refractivity contribution < 1.29 is 9.53 Å². The molecule has 1 aromatic rings. The first-order chi connectivity index (χ1) is 8.15. The third kappa shape index (κ3) is 2.27. The standard InChI is InChI=1S/C12H11BrN2O2/c1-17-11-5-9(2-3-10(11)13)15-7-8(6-14)4-12(15)16/h2-3,5,8H,4,7H2,1H3. The van der Waals surface area contributed by atoms with Gasteiger partial charge in [-0.25, -0.2) is 0 Å². The summed E-state index contributed by atoms with van der Waals surface area (Å²) in [5.74, 6) is 0.453. The molecule has 1 amide bonds. The van der Waals surface area contributed by atoms with Gasteiger partial charge in [0.15, 0.2) is 0 Å². The fourth-order valence-electron chi connectivity index (χ4n) is 1.86. The summed E-state index contributed by atoms with van der Waals surface area (Å²) in [5.41, 5.74) is 0.771. The molecule has 5 heteroatoms. The average Bonchev–Trinajstić information content (AvgIpc) is 2.71. The van der Waals surface area contributed by atoms with Gasteiger partial charge in [-0.15, -0.1) is 0 Å².